The number of fused-ring (bicyclic) bond motifs is 9. The highest BCUT2D eigenvalue weighted by molar-refractivity contribution is 6.15. The molecule has 0 aliphatic heterocycles. The van der Waals surface area contributed by atoms with Gasteiger partial charge in [0, 0.05) is 60.5 Å². The fourth-order valence-electron chi connectivity index (χ4n) is 9.73. The molecule has 0 amide bonds. The van der Waals surface area contributed by atoms with Crippen molar-refractivity contribution >= 4 is 65.7 Å². The van der Waals surface area contributed by atoms with E-state index in [0.29, 0.717) is 23.4 Å². The van der Waals surface area contributed by atoms with Crippen LogP contribution in [0.25, 0.3) is 117 Å². The maximum atomic E-state index is 6.71. The monoisotopic (exact) mass is 808 g/mol. The van der Waals surface area contributed by atoms with E-state index in [0.717, 1.165) is 83.8 Å². The number of para-hydroxylation sites is 3. The van der Waals surface area contributed by atoms with E-state index in [1.807, 2.05) is 30.3 Å². The van der Waals surface area contributed by atoms with Crippen molar-refractivity contribution < 1.29 is 8.83 Å². The fourth-order valence-corrected chi connectivity index (χ4v) is 9.73. The summed E-state index contributed by atoms with van der Waals surface area (Å²) < 4.78 is 15.6. The average molecular weight is 809 g/mol. The molecule has 0 bridgehead atoms. The van der Waals surface area contributed by atoms with Gasteiger partial charge in [-0.2, -0.15) is 0 Å². The summed E-state index contributed by atoms with van der Waals surface area (Å²) in [7, 11) is 0. The molecule has 0 saturated heterocycles. The second-order valence-electron chi connectivity index (χ2n) is 16.2. The molecule has 4 heterocycles. The van der Waals surface area contributed by atoms with Gasteiger partial charge in [0.15, 0.2) is 17.5 Å². The molecule has 0 N–H and O–H groups in total. The predicted molar refractivity (Wildman–Crippen MR) is 256 cm³/mol. The van der Waals surface area contributed by atoms with Crippen LogP contribution in [0.2, 0.25) is 0 Å². The number of nitrogens with zero attached hydrogens (tertiary/aromatic N) is 4. The minimum Gasteiger partial charge on any atom is -0.456 e. The molecule has 0 radical (unpaired) electrons. The number of aromatic nitrogens is 4. The van der Waals surface area contributed by atoms with Crippen molar-refractivity contribution in [2.24, 2.45) is 0 Å². The van der Waals surface area contributed by atoms with E-state index in [2.05, 4.69) is 174 Å². The summed E-state index contributed by atoms with van der Waals surface area (Å²) in [5.41, 5.74) is 12.8. The molecule has 6 nitrogen and oxygen atoms in total. The average Bonchev–Trinajstić information content (AvgIpc) is 4.03. The van der Waals surface area contributed by atoms with Crippen LogP contribution in [-0.2, 0) is 0 Å². The van der Waals surface area contributed by atoms with Gasteiger partial charge >= 0.3 is 0 Å². The number of rotatable bonds is 6. The SMILES string of the molecule is C1=CCC(c2cccc3oc4cc(-c5nc(-c6ccccc6)nc(-c6ccc7c(c6)oc6cccc(-c8ccccc8-n8c9ccccc9c9ccccc98)c67)n5)ccc4c23)C=C1. The normalized spacial score (nSPS) is 14.0. The highest BCUT2D eigenvalue weighted by Crippen LogP contribution is 2.43. The molecular formula is C57H36N4O2. The van der Waals surface area contributed by atoms with E-state index in [1.165, 1.54) is 27.4 Å². The molecule has 0 saturated carbocycles. The summed E-state index contributed by atoms with van der Waals surface area (Å²) in [6.07, 6.45) is 9.71. The highest BCUT2D eigenvalue weighted by atomic mass is 16.3. The van der Waals surface area contributed by atoms with Crippen molar-refractivity contribution in [2.45, 2.75) is 12.3 Å². The smallest absolute Gasteiger partial charge is 0.164 e. The van der Waals surface area contributed by atoms with Crippen LogP contribution in [0.5, 0.6) is 0 Å². The first-order valence-electron chi connectivity index (χ1n) is 21.4. The van der Waals surface area contributed by atoms with E-state index in [-0.39, 0.29) is 0 Å². The molecule has 1 aliphatic rings. The Bertz CT molecular complexity index is 3800. The first-order valence-corrected chi connectivity index (χ1v) is 21.4. The largest absolute Gasteiger partial charge is 0.456 e. The van der Waals surface area contributed by atoms with Gasteiger partial charge in [0.2, 0.25) is 0 Å². The summed E-state index contributed by atoms with van der Waals surface area (Å²) in [4.78, 5) is 15.3. The molecule has 6 heteroatoms. The van der Waals surface area contributed by atoms with Gasteiger partial charge in [0.25, 0.3) is 0 Å². The van der Waals surface area contributed by atoms with Gasteiger partial charge in [0.1, 0.15) is 22.3 Å². The van der Waals surface area contributed by atoms with Crippen molar-refractivity contribution in [1.82, 2.24) is 19.5 Å². The van der Waals surface area contributed by atoms with Crippen LogP contribution in [-0.4, -0.2) is 19.5 Å². The Morgan fingerprint density at radius 2 is 1.00 bits per heavy atom. The molecule has 4 aromatic heterocycles. The molecule has 296 valence electrons. The van der Waals surface area contributed by atoms with Gasteiger partial charge in [-0.25, -0.2) is 15.0 Å². The Morgan fingerprint density at radius 3 is 1.68 bits per heavy atom. The van der Waals surface area contributed by atoms with E-state index >= 15 is 0 Å². The molecular weight excluding hydrogens is 773 g/mol. The third-order valence-corrected chi connectivity index (χ3v) is 12.6. The molecule has 13 rings (SSSR count). The van der Waals surface area contributed by atoms with Crippen molar-refractivity contribution in [1.29, 1.82) is 0 Å². The van der Waals surface area contributed by atoms with Crippen LogP contribution in [0.15, 0.2) is 209 Å². The minimum atomic E-state index is 0.302. The minimum absolute atomic E-state index is 0.302. The number of hydrogen-bond acceptors (Lipinski definition) is 5. The van der Waals surface area contributed by atoms with Crippen LogP contribution in [0.3, 0.4) is 0 Å². The number of allylic oxidation sites excluding steroid dienone is 4. The topological polar surface area (TPSA) is 69.9 Å². The third kappa shape index (κ3) is 5.69. The third-order valence-electron chi connectivity index (χ3n) is 12.6. The zero-order valence-corrected chi connectivity index (χ0v) is 33.9. The van der Waals surface area contributed by atoms with Gasteiger partial charge in [-0.1, -0.05) is 146 Å². The Kier molecular flexibility index (Phi) is 7.93. The van der Waals surface area contributed by atoms with Crippen LogP contribution in [0.4, 0.5) is 0 Å². The summed E-state index contributed by atoms with van der Waals surface area (Å²) in [5.74, 6) is 2.02. The van der Waals surface area contributed by atoms with Crippen LogP contribution in [0, 0.1) is 0 Å². The second-order valence-corrected chi connectivity index (χ2v) is 16.2. The maximum absolute atomic E-state index is 6.71. The lowest BCUT2D eigenvalue weighted by atomic mass is 9.89. The molecule has 12 aromatic rings. The van der Waals surface area contributed by atoms with Crippen LogP contribution < -0.4 is 0 Å². The Hall–Kier alpha value is -8.35. The molecule has 0 fully saturated rings. The first-order chi connectivity index (χ1) is 31.2. The second kappa shape index (κ2) is 14.1. The Balaban J connectivity index is 0.946. The summed E-state index contributed by atoms with van der Waals surface area (Å²) in [6, 6.07) is 61.3. The quantitative estimate of drug-likeness (QED) is 0.167. The number of benzene rings is 8. The zero-order valence-electron chi connectivity index (χ0n) is 33.9. The van der Waals surface area contributed by atoms with Gasteiger partial charge < -0.3 is 13.4 Å². The molecule has 1 aliphatic carbocycles. The molecule has 1 unspecified atom stereocenters. The van der Waals surface area contributed by atoms with E-state index in [1.54, 1.807) is 0 Å². The van der Waals surface area contributed by atoms with Crippen LogP contribution in [0.1, 0.15) is 17.9 Å². The Labute approximate surface area is 361 Å². The predicted octanol–water partition coefficient (Wildman–Crippen LogP) is 15.0. The molecule has 8 aromatic carbocycles. The summed E-state index contributed by atoms with van der Waals surface area (Å²) in [6.45, 7) is 0. The molecule has 1 atom stereocenters. The summed E-state index contributed by atoms with van der Waals surface area (Å²) >= 11 is 0. The maximum Gasteiger partial charge on any atom is 0.164 e. The summed E-state index contributed by atoms with van der Waals surface area (Å²) in [5, 5.41) is 6.78. The highest BCUT2D eigenvalue weighted by Gasteiger charge is 2.22. The molecule has 0 spiro atoms. The van der Waals surface area contributed by atoms with Crippen molar-refractivity contribution in [3.05, 3.63) is 206 Å². The lowest BCUT2D eigenvalue weighted by Crippen LogP contribution is -2.00. The van der Waals surface area contributed by atoms with Gasteiger partial charge in [-0.15, -0.1) is 0 Å². The number of hydrogen-bond donors (Lipinski definition) is 0. The zero-order chi connectivity index (χ0) is 41.4. The van der Waals surface area contributed by atoms with Gasteiger partial charge in [-0.05, 0) is 72.1 Å². The lowest BCUT2D eigenvalue weighted by Gasteiger charge is -2.14. The first kappa shape index (κ1) is 35.4. The van der Waals surface area contributed by atoms with E-state index in [9.17, 15) is 0 Å². The standard InChI is InChI=1S/C57H36N4O2/c1-3-15-35(16-4-1)39-22-13-27-49-53(39)44-31-29-37(33-51(44)62-49)56-58-55(36-17-5-2-6-18-36)59-57(60-56)38-30-32-45-52(34-38)63-50-28-14-23-43(54(45)50)42-21-9-12-26-48(42)61-46-24-10-7-19-40(46)41-20-8-11-25-47(41)61/h1-15,17-35H,16H2. The van der Waals surface area contributed by atoms with E-state index < -0.39 is 0 Å². The van der Waals surface area contributed by atoms with Gasteiger partial charge in [-0.3, -0.25) is 0 Å². The lowest BCUT2D eigenvalue weighted by molar-refractivity contribution is 0.668. The molecule has 63 heavy (non-hydrogen) atoms. The van der Waals surface area contributed by atoms with E-state index in [4.69, 9.17) is 23.8 Å². The number of furan rings is 2. The van der Waals surface area contributed by atoms with Crippen molar-refractivity contribution in [3.63, 3.8) is 0 Å². The Morgan fingerprint density at radius 1 is 0.429 bits per heavy atom. The van der Waals surface area contributed by atoms with Gasteiger partial charge in [0.05, 0.1) is 16.7 Å². The van der Waals surface area contributed by atoms with Crippen molar-refractivity contribution in [2.75, 3.05) is 0 Å². The van der Waals surface area contributed by atoms with Crippen molar-refractivity contribution in [3.8, 4) is 51.0 Å². The van der Waals surface area contributed by atoms with Crippen LogP contribution >= 0.6 is 0 Å². The fraction of sp³-hybridized carbons (Fsp3) is 0.0351.